The molecule has 0 saturated heterocycles. The number of alkyl halides is 2. The van der Waals surface area contributed by atoms with E-state index in [0.29, 0.717) is 29.7 Å². The normalized spacial score (nSPS) is 11.7. The molecule has 0 radical (unpaired) electrons. The molecule has 23 heavy (non-hydrogen) atoms. The zero-order valence-electron chi connectivity index (χ0n) is 14.0. The Morgan fingerprint density at radius 3 is 2.57 bits per heavy atom. The molecule has 1 aromatic carbocycles. The van der Waals surface area contributed by atoms with Gasteiger partial charge in [0.15, 0.2) is 5.96 Å². The lowest BCUT2D eigenvalue weighted by molar-refractivity contribution is -0.0504. The van der Waals surface area contributed by atoms with Gasteiger partial charge >= 0.3 is 6.61 Å². The third-order valence-electron chi connectivity index (χ3n) is 2.91. The second-order valence-corrected chi connectivity index (χ2v) is 5.32. The van der Waals surface area contributed by atoms with E-state index in [1.54, 1.807) is 12.1 Å². The molecule has 0 aliphatic carbocycles. The molecule has 7 heteroatoms. The van der Waals surface area contributed by atoms with Gasteiger partial charge in [0, 0.05) is 18.7 Å². The summed E-state index contributed by atoms with van der Waals surface area (Å²) in [5.74, 6) is 1.77. The molecule has 1 rings (SSSR count). The van der Waals surface area contributed by atoms with Crippen LogP contribution >= 0.6 is 0 Å². The summed E-state index contributed by atoms with van der Waals surface area (Å²) in [5.41, 5.74) is 0.534. The lowest BCUT2D eigenvalue weighted by Crippen LogP contribution is -2.39. The second kappa shape index (κ2) is 9.86. The number of hydrogen-bond donors (Lipinski definition) is 2. The topological polar surface area (TPSA) is 54.9 Å². The summed E-state index contributed by atoms with van der Waals surface area (Å²) in [5, 5.41) is 6.31. The molecule has 0 aromatic heterocycles. The van der Waals surface area contributed by atoms with Crippen molar-refractivity contribution < 1.29 is 18.3 Å². The SMILES string of the molecule is CCNC(=NCc1cc(OC)ccc1OC(F)F)NCC(C)C. The summed E-state index contributed by atoms with van der Waals surface area (Å²) in [6.07, 6.45) is 0. The molecular weight excluding hydrogens is 304 g/mol. The van der Waals surface area contributed by atoms with Crippen molar-refractivity contribution in [1.82, 2.24) is 10.6 Å². The van der Waals surface area contributed by atoms with Gasteiger partial charge < -0.3 is 20.1 Å². The molecule has 0 atom stereocenters. The minimum Gasteiger partial charge on any atom is -0.497 e. The summed E-state index contributed by atoms with van der Waals surface area (Å²) in [4.78, 5) is 4.41. The van der Waals surface area contributed by atoms with Gasteiger partial charge in [0.25, 0.3) is 0 Å². The van der Waals surface area contributed by atoms with Gasteiger partial charge in [0.2, 0.25) is 0 Å². The summed E-state index contributed by atoms with van der Waals surface area (Å²) in [7, 11) is 1.52. The first-order valence-electron chi connectivity index (χ1n) is 7.60. The smallest absolute Gasteiger partial charge is 0.387 e. The fourth-order valence-electron chi connectivity index (χ4n) is 1.82. The van der Waals surface area contributed by atoms with Crippen molar-refractivity contribution in [3.63, 3.8) is 0 Å². The van der Waals surface area contributed by atoms with Crippen LogP contribution in [0.1, 0.15) is 26.3 Å². The van der Waals surface area contributed by atoms with Crippen molar-refractivity contribution in [2.75, 3.05) is 20.2 Å². The van der Waals surface area contributed by atoms with Crippen LogP contribution in [0, 0.1) is 5.92 Å². The molecule has 0 heterocycles. The number of ether oxygens (including phenoxy) is 2. The van der Waals surface area contributed by atoms with Gasteiger partial charge in [-0.1, -0.05) is 13.8 Å². The first-order chi connectivity index (χ1) is 11.0. The van der Waals surface area contributed by atoms with Gasteiger partial charge in [-0.05, 0) is 31.0 Å². The fourth-order valence-corrected chi connectivity index (χ4v) is 1.82. The van der Waals surface area contributed by atoms with Gasteiger partial charge in [0.1, 0.15) is 11.5 Å². The molecule has 0 spiro atoms. The van der Waals surface area contributed by atoms with Crippen LogP contribution in [0.3, 0.4) is 0 Å². The highest BCUT2D eigenvalue weighted by molar-refractivity contribution is 5.79. The first-order valence-corrected chi connectivity index (χ1v) is 7.60. The van der Waals surface area contributed by atoms with Crippen LogP contribution in [-0.4, -0.2) is 32.8 Å². The lowest BCUT2D eigenvalue weighted by atomic mass is 10.2. The maximum absolute atomic E-state index is 12.5. The van der Waals surface area contributed by atoms with Crippen LogP contribution in [0.25, 0.3) is 0 Å². The average molecular weight is 329 g/mol. The van der Waals surface area contributed by atoms with Crippen LogP contribution in [0.5, 0.6) is 11.5 Å². The van der Waals surface area contributed by atoms with Crippen LogP contribution in [0.2, 0.25) is 0 Å². The van der Waals surface area contributed by atoms with Gasteiger partial charge in [-0.2, -0.15) is 8.78 Å². The summed E-state index contributed by atoms with van der Waals surface area (Å²) in [6.45, 7) is 4.95. The van der Waals surface area contributed by atoms with Gasteiger partial charge in [-0.3, -0.25) is 0 Å². The highest BCUT2D eigenvalue weighted by Gasteiger charge is 2.11. The number of nitrogens with one attached hydrogen (secondary N) is 2. The van der Waals surface area contributed by atoms with Crippen molar-refractivity contribution in [1.29, 1.82) is 0 Å². The number of methoxy groups -OCH3 is 1. The number of aliphatic imine (C=N–C) groups is 1. The van der Waals surface area contributed by atoms with E-state index in [0.717, 1.165) is 6.54 Å². The standard InChI is InChI=1S/C16H25F2N3O2/c1-5-19-16(20-9-11(2)3)21-10-12-8-13(22-4)6-7-14(12)23-15(17)18/h6-8,11,15H,5,9-10H2,1-4H3,(H2,19,20,21). The Hall–Kier alpha value is -2.05. The Morgan fingerprint density at radius 1 is 1.26 bits per heavy atom. The molecule has 0 aliphatic rings. The van der Waals surface area contributed by atoms with E-state index in [1.165, 1.54) is 13.2 Å². The Morgan fingerprint density at radius 2 is 2.00 bits per heavy atom. The minimum absolute atomic E-state index is 0.101. The molecule has 0 saturated carbocycles. The molecule has 130 valence electrons. The molecule has 5 nitrogen and oxygen atoms in total. The van der Waals surface area contributed by atoms with Gasteiger partial charge in [-0.25, -0.2) is 4.99 Å². The molecule has 1 aromatic rings. The van der Waals surface area contributed by atoms with Crippen molar-refractivity contribution in [2.45, 2.75) is 33.9 Å². The van der Waals surface area contributed by atoms with Crippen molar-refractivity contribution in [2.24, 2.45) is 10.9 Å². The molecule has 0 bridgehead atoms. The largest absolute Gasteiger partial charge is 0.497 e. The molecular formula is C16H25F2N3O2. The molecule has 0 amide bonds. The van der Waals surface area contributed by atoms with Crippen molar-refractivity contribution >= 4 is 5.96 Å². The van der Waals surface area contributed by atoms with Crippen LogP contribution in [-0.2, 0) is 6.54 Å². The van der Waals surface area contributed by atoms with Gasteiger partial charge in [0.05, 0.1) is 13.7 Å². The minimum atomic E-state index is -2.88. The summed E-state index contributed by atoms with van der Waals surface area (Å²) in [6, 6.07) is 4.69. The number of benzene rings is 1. The van der Waals surface area contributed by atoms with Crippen molar-refractivity contribution in [3.8, 4) is 11.5 Å². The number of hydrogen-bond acceptors (Lipinski definition) is 3. The Labute approximate surface area is 136 Å². The third kappa shape index (κ3) is 7.17. The third-order valence-corrected chi connectivity index (χ3v) is 2.91. The number of guanidine groups is 1. The van der Waals surface area contributed by atoms with E-state index in [1.807, 2.05) is 6.92 Å². The fraction of sp³-hybridized carbons (Fsp3) is 0.562. The Bertz CT molecular complexity index is 508. The number of nitrogens with zero attached hydrogens (tertiary/aromatic N) is 1. The summed E-state index contributed by atoms with van der Waals surface area (Å²) < 4.78 is 34.7. The zero-order valence-corrected chi connectivity index (χ0v) is 14.0. The molecule has 2 N–H and O–H groups in total. The molecule has 0 unspecified atom stereocenters. The maximum atomic E-state index is 12.5. The number of halogens is 2. The van der Waals surface area contributed by atoms with E-state index >= 15 is 0 Å². The monoisotopic (exact) mass is 329 g/mol. The summed E-state index contributed by atoms with van der Waals surface area (Å²) >= 11 is 0. The maximum Gasteiger partial charge on any atom is 0.387 e. The molecule has 0 aliphatic heterocycles. The Kier molecular flexibility index (Phi) is 8.15. The van der Waals surface area contributed by atoms with E-state index < -0.39 is 6.61 Å². The van der Waals surface area contributed by atoms with E-state index in [9.17, 15) is 8.78 Å². The van der Waals surface area contributed by atoms with E-state index in [-0.39, 0.29) is 12.3 Å². The van der Waals surface area contributed by atoms with Gasteiger partial charge in [-0.15, -0.1) is 0 Å². The lowest BCUT2D eigenvalue weighted by Gasteiger charge is -2.14. The van der Waals surface area contributed by atoms with Crippen molar-refractivity contribution in [3.05, 3.63) is 23.8 Å². The quantitative estimate of drug-likeness (QED) is 0.569. The van der Waals surface area contributed by atoms with E-state index in [4.69, 9.17) is 4.74 Å². The van der Waals surface area contributed by atoms with Crippen LogP contribution in [0.4, 0.5) is 8.78 Å². The first kappa shape index (κ1) is 19.0. The predicted octanol–water partition coefficient (Wildman–Crippen LogP) is 3.01. The highest BCUT2D eigenvalue weighted by Crippen LogP contribution is 2.26. The predicted molar refractivity (Wildman–Crippen MR) is 87.3 cm³/mol. The number of rotatable bonds is 8. The highest BCUT2D eigenvalue weighted by atomic mass is 19.3. The molecule has 0 fully saturated rings. The average Bonchev–Trinajstić information content (AvgIpc) is 2.50. The van der Waals surface area contributed by atoms with E-state index in [2.05, 4.69) is 34.2 Å². The van der Waals surface area contributed by atoms with Crippen LogP contribution < -0.4 is 20.1 Å². The second-order valence-electron chi connectivity index (χ2n) is 5.32. The van der Waals surface area contributed by atoms with Crippen LogP contribution in [0.15, 0.2) is 23.2 Å². The zero-order chi connectivity index (χ0) is 17.2. The Balaban J connectivity index is 2.91.